The van der Waals surface area contributed by atoms with Crippen LogP contribution in [0.4, 0.5) is 0 Å². The maximum absolute atomic E-state index is 6.30. The van der Waals surface area contributed by atoms with E-state index in [4.69, 9.17) is 21.3 Å². The largest absolute Gasteiger partial charge is 0.370 e. The van der Waals surface area contributed by atoms with Gasteiger partial charge in [-0.05, 0) is 52.9 Å². The molecular weight excluding hydrogens is 352 g/mol. The summed E-state index contributed by atoms with van der Waals surface area (Å²) in [4.78, 5) is 9.29. The summed E-state index contributed by atoms with van der Waals surface area (Å²) in [5.41, 5.74) is 0.914. The van der Waals surface area contributed by atoms with Gasteiger partial charge in [0.05, 0.1) is 10.2 Å². The van der Waals surface area contributed by atoms with Crippen molar-refractivity contribution in [3.05, 3.63) is 21.1 Å². The maximum atomic E-state index is 6.30. The van der Waals surface area contributed by atoms with Crippen LogP contribution < -0.4 is 0 Å². The second-order valence-corrected chi connectivity index (χ2v) is 8.21. The lowest BCUT2D eigenvalue weighted by atomic mass is 9.70. The SMILES string of the molecule is COC1(c2nc(Cl)c(Br)c(C(C)C)n2)CCC(C)(C)CC1. The highest BCUT2D eigenvalue weighted by atomic mass is 79.9. The summed E-state index contributed by atoms with van der Waals surface area (Å²) in [6, 6.07) is 0. The van der Waals surface area contributed by atoms with E-state index in [1.165, 1.54) is 0 Å². The topological polar surface area (TPSA) is 35.0 Å². The van der Waals surface area contributed by atoms with Gasteiger partial charge in [0.1, 0.15) is 10.8 Å². The summed E-state index contributed by atoms with van der Waals surface area (Å²) < 4.78 is 6.69. The molecule has 0 atom stereocenters. The first kappa shape index (κ1) is 17.2. The number of aromatic nitrogens is 2. The zero-order valence-electron chi connectivity index (χ0n) is 13.5. The van der Waals surface area contributed by atoms with Gasteiger partial charge in [-0.25, -0.2) is 9.97 Å². The predicted molar refractivity (Wildman–Crippen MR) is 89.8 cm³/mol. The first-order valence-corrected chi connectivity index (χ1v) is 8.66. The van der Waals surface area contributed by atoms with Crippen LogP contribution in [0.25, 0.3) is 0 Å². The number of nitrogens with zero attached hydrogens (tertiary/aromatic N) is 2. The molecule has 1 aromatic rings. The van der Waals surface area contributed by atoms with Crippen molar-refractivity contribution in [2.24, 2.45) is 5.41 Å². The van der Waals surface area contributed by atoms with Crippen LogP contribution in [0, 0.1) is 5.41 Å². The molecule has 1 aliphatic rings. The van der Waals surface area contributed by atoms with E-state index in [1.807, 2.05) is 0 Å². The molecule has 118 valence electrons. The first-order valence-electron chi connectivity index (χ1n) is 7.49. The Hall–Kier alpha value is -0.190. The Morgan fingerprint density at radius 2 is 1.71 bits per heavy atom. The Bertz CT molecular complexity index is 521. The Morgan fingerprint density at radius 3 is 2.19 bits per heavy atom. The summed E-state index contributed by atoms with van der Waals surface area (Å²) >= 11 is 9.80. The molecule has 1 aliphatic carbocycles. The molecule has 1 saturated carbocycles. The third-order valence-corrected chi connectivity index (χ3v) is 5.88. The molecule has 0 unspecified atom stereocenters. The van der Waals surface area contributed by atoms with Crippen LogP contribution in [0.15, 0.2) is 4.47 Å². The van der Waals surface area contributed by atoms with Crippen molar-refractivity contribution in [1.29, 1.82) is 0 Å². The van der Waals surface area contributed by atoms with E-state index in [-0.39, 0.29) is 5.92 Å². The summed E-state index contributed by atoms with van der Waals surface area (Å²) in [5.74, 6) is 1.02. The van der Waals surface area contributed by atoms with Crippen molar-refractivity contribution in [3.8, 4) is 0 Å². The van der Waals surface area contributed by atoms with Crippen LogP contribution in [0.5, 0.6) is 0 Å². The van der Waals surface area contributed by atoms with E-state index < -0.39 is 5.60 Å². The molecule has 1 fully saturated rings. The molecule has 0 radical (unpaired) electrons. The van der Waals surface area contributed by atoms with Gasteiger partial charge < -0.3 is 4.74 Å². The minimum absolute atomic E-state index is 0.285. The van der Waals surface area contributed by atoms with Crippen LogP contribution in [0.1, 0.15) is 70.8 Å². The molecule has 5 heteroatoms. The Balaban J connectivity index is 2.44. The van der Waals surface area contributed by atoms with Crippen LogP contribution in [-0.4, -0.2) is 17.1 Å². The van der Waals surface area contributed by atoms with Gasteiger partial charge in [0.2, 0.25) is 0 Å². The molecule has 0 spiro atoms. The van der Waals surface area contributed by atoms with Gasteiger partial charge in [0.15, 0.2) is 5.82 Å². The average molecular weight is 376 g/mol. The predicted octanol–water partition coefficient (Wildman–Crippen LogP) is 5.46. The Labute approximate surface area is 141 Å². The highest BCUT2D eigenvalue weighted by Gasteiger charge is 2.42. The van der Waals surface area contributed by atoms with Gasteiger partial charge >= 0.3 is 0 Å². The van der Waals surface area contributed by atoms with Crippen molar-refractivity contribution < 1.29 is 4.74 Å². The summed E-state index contributed by atoms with van der Waals surface area (Å²) in [7, 11) is 1.76. The molecule has 0 aliphatic heterocycles. The van der Waals surface area contributed by atoms with Gasteiger partial charge in [-0.2, -0.15) is 0 Å². The number of methoxy groups -OCH3 is 1. The van der Waals surface area contributed by atoms with Gasteiger partial charge in [0, 0.05) is 7.11 Å². The molecule has 0 N–H and O–H groups in total. The molecule has 0 bridgehead atoms. The zero-order valence-corrected chi connectivity index (χ0v) is 15.8. The quantitative estimate of drug-likeness (QED) is 0.658. The molecule has 1 aromatic heterocycles. The smallest absolute Gasteiger partial charge is 0.162 e. The lowest BCUT2D eigenvalue weighted by Gasteiger charge is -2.41. The van der Waals surface area contributed by atoms with E-state index in [1.54, 1.807) is 7.11 Å². The van der Waals surface area contributed by atoms with Gasteiger partial charge in [0.25, 0.3) is 0 Å². The number of hydrogen-bond acceptors (Lipinski definition) is 3. The molecule has 3 nitrogen and oxygen atoms in total. The van der Waals surface area contributed by atoms with E-state index in [0.29, 0.717) is 10.6 Å². The van der Waals surface area contributed by atoms with Crippen molar-refractivity contribution in [2.45, 2.75) is 64.9 Å². The van der Waals surface area contributed by atoms with E-state index in [2.05, 4.69) is 48.6 Å². The number of rotatable bonds is 3. The lowest BCUT2D eigenvalue weighted by molar-refractivity contribution is -0.0731. The minimum atomic E-state index is -0.399. The van der Waals surface area contributed by atoms with Crippen LogP contribution in [-0.2, 0) is 10.3 Å². The van der Waals surface area contributed by atoms with Crippen molar-refractivity contribution in [3.63, 3.8) is 0 Å². The second-order valence-electron chi connectivity index (χ2n) is 7.05. The Morgan fingerprint density at radius 1 is 1.14 bits per heavy atom. The van der Waals surface area contributed by atoms with Gasteiger partial charge in [-0.1, -0.05) is 39.3 Å². The molecule has 0 saturated heterocycles. The average Bonchev–Trinajstić information content (AvgIpc) is 2.42. The summed E-state index contributed by atoms with van der Waals surface area (Å²) in [5, 5.41) is 0.477. The van der Waals surface area contributed by atoms with Crippen LogP contribution in [0.2, 0.25) is 5.15 Å². The summed E-state index contributed by atoms with van der Waals surface area (Å²) in [6.45, 7) is 8.83. The molecular formula is C16H24BrClN2O. The van der Waals surface area contributed by atoms with Gasteiger partial charge in [-0.3, -0.25) is 0 Å². The summed E-state index contributed by atoms with van der Waals surface area (Å²) in [6.07, 6.45) is 4.09. The molecule has 2 rings (SSSR count). The lowest BCUT2D eigenvalue weighted by Crippen LogP contribution is -2.38. The highest BCUT2D eigenvalue weighted by Crippen LogP contribution is 2.46. The molecule has 0 amide bonds. The maximum Gasteiger partial charge on any atom is 0.162 e. The third-order valence-electron chi connectivity index (χ3n) is 4.59. The van der Waals surface area contributed by atoms with Crippen LogP contribution in [0.3, 0.4) is 0 Å². The molecule has 0 aromatic carbocycles. The fourth-order valence-electron chi connectivity index (χ4n) is 2.87. The third kappa shape index (κ3) is 3.43. The molecule has 1 heterocycles. The fourth-order valence-corrected chi connectivity index (χ4v) is 3.68. The van der Waals surface area contributed by atoms with Crippen molar-refractivity contribution in [2.75, 3.05) is 7.11 Å². The highest BCUT2D eigenvalue weighted by molar-refractivity contribution is 9.10. The Kier molecular flexibility index (Phi) is 5.01. The van der Waals surface area contributed by atoms with Crippen molar-refractivity contribution >= 4 is 27.5 Å². The number of hydrogen-bond donors (Lipinski definition) is 0. The fraction of sp³-hybridized carbons (Fsp3) is 0.750. The van der Waals surface area contributed by atoms with Gasteiger partial charge in [-0.15, -0.1) is 0 Å². The molecule has 21 heavy (non-hydrogen) atoms. The van der Waals surface area contributed by atoms with E-state index in [9.17, 15) is 0 Å². The standard InChI is InChI=1S/C16H24BrClN2O/c1-10(2)12-11(17)13(18)20-14(19-12)16(21-5)8-6-15(3,4)7-9-16/h10H,6-9H2,1-5H3. The normalized spacial score (nSPS) is 20.8. The first-order chi connectivity index (χ1) is 9.71. The van der Waals surface area contributed by atoms with Crippen LogP contribution >= 0.6 is 27.5 Å². The number of ether oxygens (including phenoxy) is 1. The zero-order chi connectivity index (χ0) is 15.8. The van der Waals surface area contributed by atoms with Crippen molar-refractivity contribution in [1.82, 2.24) is 9.97 Å². The number of halogens is 2. The van der Waals surface area contributed by atoms with E-state index >= 15 is 0 Å². The van der Waals surface area contributed by atoms with E-state index in [0.717, 1.165) is 41.7 Å². The minimum Gasteiger partial charge on any atom is -0.370 e. The second kappa shape index (κ2) is 6.13. The monoisotopic (exact) mass is 374 g/mol.